The van der Waals surface area contributed by atoms with Crippen molar-refractivity contribution in [1.29, 1.82) is 0 Å². The second-order valence-corrected chi connectivity index (χ2v) is 7.54. The van der Waals surface area contributed by atoms with Crippen molar-refractivity contribution in [2.45, 2.75) is 13.3 Å². The van der Waals surface area contributed by atoms with E-state index in [0.29, 0.717) is 33.4 Å². The maximum atomic E-state index is 12.9. The summed E-state index contributed by atoms with van der Waals surface area (Å²) in [7, 11) is 3.18. The Morgan fingerprint density at radius 2 is 1.83 bits per heavy atom. The second-order valence-electron chi connectivity index (χ2n) is 6.53. The van der Waals surface area contributed by atoms with Gasteiger partial charge in [-0.05, 0) is 55.0 Å². The first-order valence-electron chi connectivity index (χ1n) is 9.49. The minimum atomic E-state index is -0.221. The number of benzene rings is 2. The lowest BCUT2D eigenvalue weighted by molar-refractivity contribution is 0.317. The van der Waals surface area contributed by atoms with E-state index in [4.69, 9.17) is 14.2 Å². The first-order valence-corrected chi connectivity index (χ1v) is 10.3. The van der Waals surface area contributed by atoms with Crippen LogP contribution < -0.4 is 24.3 Å². The van der Waals surface area contributed by atoms with E-state index < -0.39 is 0 Å². The van der Waals surface area contributed by atoms with Crippen LogP contribution in [0.3, 0.4) is 0 Å². The molecular weight excluding hydrogens is 402 g/mol. The molecule has 2 aromatic carbocycles. The molecule has 30 heavy (non-hydrogen) atoms. The van der Waals surface area contributed by atoms with Crippen LogP contribution in [-0.2, 0) is 0 Å². The predicted molar refractivity (Wildman–Crippen MR) is 117 cm³/mol. The monoisotopic (exact) mass is 423 g/mol. The summed E-state index contributed by atoms with van der Waals surface area (Å²) in [6, 6.07) is 13.0. The van der Waals surface area contributed by atoms with Gasteiger partial charge in [-0.1, -0.05) is 18.3 Å². The third-order valence-corrected chi connectivity index (χ3v) is 5.45. The molecule has 0 fully saturated rings. The zero-order valence-electron chi connectivity index (χ0n) is 16.9. The van der Waals surface area contributed by atoms with Gasteiger partial charge in [-0.15, -0.1) is 5.10 Å². The summed E-state index contributed by atoms with van der Waals surface area (Å²) in [5.74, 6) is 2.64. The summed E-state index contributed by atoms with van der Waals surface area (Å²) >= 11 is 1.28. The zero-order chi connectivity index (χ0) is 21.1. The molecule has 4 aromatic rings. The van der Waals surface area contributed by atoms with Crippen LogP contribution in [-0.4, -0.2) is 35.4 Å². The molecule has 0 bridgehead atoms. The fraction of sp³-hybridized carbons (Fsp3) is 0.227. The lowest BCUT2D eigenvalue weighted by atomic mass is 10.2. The van der Waals surface area contributed by atoms with Crippen LogP contribution in [0.1, 0.15) is 18.9 Å². The van der Waals surface area contributed by atoms with Gasteiger partial charge in [-0.25, -0.2) is 0 Å². The number of hydrogen-bond acceptors (Lipinski definition) is 7. The summed E-state index contributed by atoms with van der Waals surface area (Å²) in [5.41, 5.74) is 1.36. The zero-order valence-corrected chi connectivity index (χ0v) is 17.7. The minimum absolute atomic E-state index is 0.221. The van der Waals surface area contributed by atoms with E-state index in [2.05, 4.69) is 17.0 Å². The third-order valence-electron chi connectivity index (χ3n) is 4.49. The predicted octanol–water partition coefficient (Wildman–Crippen LogP) is 3.17. The SMILES string of the molecule is CCCOc1ccc(-c2nc3s/c(=C/c4cc(OC)ccc4OC)c(=O)n3n2)cc1. The third kappa shape index (κ3) is 3.86. The van der Waals surface area contributed by atoms with Crippen LogP contribution in [0.25, 0.3) is 22.4 Å². The highest BCUT2D eigenvalue weighted by molar-refractivity contribution is 7.15. The summed E-state index contributed by atoms with van der Waals surface area (Å²) in [6.07, 6.45) is 2.72. The van der Waals surface area contributed by atoms with E-state index >= 15 is 0 Å². The van der Waals surface area contributed by atoms with Crippen LogP contribution >= 0.6 is 11.3 Å². The summed E-state index contributed by atoms with van der Waals surface area (Å²) in [4.78, 5) is 17.9. The number of thiazole rings is 1. The van der Waals surface area contributed by atoms with Crippen molar-refractivity contribution in [3.05, 3.63) is 62.9 Å². The van der Waals surface area contributed by atoms with E-state index in [-0.39, 0.29) is 5.56 Å². The van der Waals surface area contributed by atoms with Crippen LogP contribution in [0, 0.1) is 0 Å². The van der Waals surface area contributed by atoms with Crippen molar-refractivity contribution in [1.82, 2.24) is 14.6 Å². The van der Waals surface area contributed by atoms with Gasteiger partial charge < -0.3 is 14.2 Å². The van der Waals surface area contributed by atoms with Crippen molar-refractivity contribution in [2.24, 2.45) is 0 Å². The highest BCUT2D eigenvalue weighted by Gasteiger charge is 2.13. The fourth-order valence-electron chi connectivity index (χ4n) is 2.97. The molecule has 0 unspecified atom stereocenters. The average Bonchev–Trinajstić information content (AvgIpc) is 3.32. The second kappa shape index (κ2) is 8.54. The van der Waals surface area contributed by atoms with Gasteiger partial charge in [0.1, 0.15) is 17.2 Å². The van der Waals surface area contributed by atoms with Crippen LogP contribution in [0.5, 0.6) is 17.2 Å². The lowest BCUT2D eigenvalue weighted by Crippen LogP contribution is -2.23. The fourth-order valence-corrected chi connectivity index (χ4v) is 3.87. The molecule has 0 spiro atoms. The number of nitrogens with zero attached hydrogens (tertiary/aromatic N) is 3. The van der Waals surface area contributed by atoms with Gasteiger partial charge in [0.05, 0.1) is 25.4 Å². The largest absolute Gasteiger partial charge is 0.497 e. The van der Waals surface area contributed by atoms with E-state index in [1.54, 1.807) is 26.4 Å². The average molecular weight is 423 g/mol. The first kappa shape index (κ1) is 19.9. The van der Waals surface area contributed by atoms with Gasteiger partial charge in [-0.3, -0.25) is 4.79 Å². The Hall–Kier alpha value is -3.39. The van der Waals surface area contributed by atoms with Crippen molar-refractivity contribution >= 4 is 22.4 Å². The molecule has 2 aromatic heterocycles. The van der Waals surface area contributed by atoms with Crippen LogP contribution in [0.4, 0.5) is 0 Å². The van der Waals surface area contributed by atoms with Crippen molar-refractivity contribution < 1.29 is 14.2 Å². The Balaban J connectivity index is 1.70. The van der Waals surface area contributed by atoms with Gasteiger partial charge in [0.15, 0.2) is 5.82 Å². The van der Waals surface area contributed by atoms with Gasteiger partial charge in [-0.2, -0.15) is 9.50 Å². The van der Waals surface area contributed by atoms with Crippen molar-refractivity contribution in [2.75, 3.05) is 20.8 Å². The van der Waals surface area contributed by atoms with Crippen molar-refractivity contribution in [3.8, 4) is 28.6 Å². The Labute approximate surface area is 177 Å². The Bertz CT molecular complexity index is 1280. The molecule has 0 radical (unpaired) electrons. The van der Waals surface area contributed by atoms with Gasteiger partial charge in [0, 0.05) is 11.1 Å². The lowest BCUT2D eigenvalue weighted by Gasteiger charge is -2.06. The van der Waals surface area contributed by atoms with E-state index in [0.717, 1.165) is 23.3 Å². The maximum absolute atomic E-state index is 12.9. The molecule has 0 saturated carbocycles. The quantitative estimate of drug-likeness (QED) is 0.455. The maximum Gasteiger partial charge on any atom is 0.291 e. The highest BCUT2D eigenvalue weighted by atomic mass is 32.1. The van der Waals surface area contributed by atoms with Crippen LogP contribution in [0.15, 0.2) is 47.3 Å². The van der Waals surface area contributed by atoms with Gasteiger partial charge in [0.2, 0.25) is 4.96 Å². The number of methoxy groups -OCH3 is 2. The Morgan fingerprint density at radius 1 is 1.07 bits per heavy atom. The van der Waals surface area contributed by atoms with Gasteiger partial charge in [0.25, 0.3) is 5.56 Å². The smallest absolute Gasteiger partial charge is 0.291 e. The topological polar surface area (TPSA) is 75.0 Å². The van der Waals surface area contributed by atoms with Gasteiger partial charge >= 0.3 is 0 Å². The number of hydrogen-bond donors (Lipinski definition) is 0. The number of fused-ring (bicyclic) bond motifs is 1. The van der Waals surface area contributed by atoms with Crippen LogP contribution in [0.2, 0.25) is 0 Å². The minimum Gasteiger partial charge on any atom is -0.497 e. The molecule has 154 valence electrons. The molecule has 0 amide bonds. The molecule has 7 nitrogen and oxygen atoms in total. The van der Waals surface area contributed by atoms with E-state index in [1.807, 2.05) is 36.4 Å². The molecule has 0 aliphatic heterocycles. The summed E-state index contributed by atoms with van der Waals surface area (Å²) in [6.45, 7) is 2.74. The highest BCUT2D eigenvalue weighted by Crippen LogP contribution is 2.25. The number of ether oxygens (including phenoxy) is 3. The summed E-state index contributed by atoms with van der Waals surface area (Å²) < 4.78 is 18.1. The molecule has 2 heterocycles. The van der Waals surface area contributed by atoms with Crippen molar-refractivity contribution in [3.63, 3.8) is 0 Å². The molecule has 4 rings (SSSR count). The molecule has 0 saturated heterocycles. The van der Waals surface area contributed by atoms with E-state index in [1.165, 1.54) is 15.9 Å². The standard InChI is InChI=1S/C22H21N3O4S/c1-4-11-29-16-7-5-14(6-8-16)20-23-22-25(24-20)21(26)19(30-22)13-15-12-17(27-2)9-10-18(15)28-3/h5-10,12-13H,4,11H2,1-3H3/b19-13+. The Morgan fingerprint density at radius 3 is 2.50 bits per heavy atom. The number of rotatable bonds is 7. The molecule has 0 aliphatic rings. The molecular formula is C22H21N3O4S. The molecule has 8 heteroatoms. The first-order chi connectivity index (χ1) is 14.6. The summed E-state index contributed by atoms with van der Waals surface area (Å²) in [5, 5.41) is 4.40. The molecule has 0 N–H and O–H groups in total. The Kier molecular flexibility index (Phi) is 5.67. The molecule has 0 aliphatic carbocycles. The van der Waals surface area contributed by atoms with E-state index in [9.17, 15) is 4.79 Å². The molecule has 0 atom stereocenters. The normalized spacial score (nSPS) is 11.8. The number of aromatic nitrogens is 3.